The summed E-state index contributed by atoms with van der Waals surface area (Å²) in [5.41, 5.74) is 2.56. The van der Waals surface area contributed by atoms with E-state index in [0.29, 0.717) is 34.8 Å². The number of nitrogens with zero attached hydrogens (tertiary/aromatic N) is 1. The van der Waals surface area contributed by atoms with Crippen LogP contribution in [0.25, 0.3) is 0 Å². The SMILES string of the molecule is CCOc1cc(C=Nc2ccc(Oc3ccccc3)cc2)ccc1OCc1ccc(Cl)cc1Cl. The van der Waals surface area contributed by atoms with Crippen LogP contribution in [0.4, 0.5) is 5.69 Å². The smallest absolute Gasteiger partial charge is 0.161 e. The molecule has 0 saturated heterocycles. The predicted octanol–water partition coefficient (Wildman–Crippen LogP) is 8.51. The van der Waals surface area contributed by atoms with Gasteiger partial charge in [-0.05, 0) is 79.2 Å². The van der Waals surface area contributed by atoms with Crippen molar-refractivity contribution in [2.45, 2.75) is 13.5 Å². The van der Waals surface area contributed by atoms with Gasteiger partial charge in [0, 0.05) is 21.8 Å². The largest absolute Gasteiger partial charge is 0.490 e. The van der Waals surface area contributed by atoms with Crippen molar-refractivity contribution in [2.24, 2.45) is 4.99 Å². The Labute approximate surface area is 209 Å². The standard InChI is InChI=1S/C28H23Cl2NO3/c1-2-32-28-16-20(8-15-27(28)33-19-21-9-10-22(29)17-26(21)30)18-31-23-11-13-25(14-12-23)34-24-6-4-3-5-7-24/h3-18H,2,19H2,1H3. The van der Waals surface area contributed by atoms with Gasteiger partial charge in [0.2, 0.25) is 0 Å². The minimum absolute atomic E-state index is 0.306. The first kappa shape index (κ1) is 23.7. The second-order valence-corrected chi connectivity index (χ2v) is 8.17. The van der Waals surface area contributed by atoms with Crippen LogP contribution in [-0.4, -0.2) is 12.8 Å². The highest BCUT2D eigenvalue weighted by Gasteiger charge is 2.08. The highest BCUT2D eigenvalue weighted by atomic mass is 35.5. The highest BCUT2D eigenvalue weighted by molar-refractivity contribution is 6.35. The highest BCUT2D eigenvalue weighted by Crippen LogP contribution is 2.31. The van der Waals surface area contributed by atoms with Crippen LogP contribution in [-0.2, 0) is 6.61 Å². The van der Waals surface area contributed by atoms with Crippen molar-refractivity contribution in [1.29, 1.82) is 0 Å². The van der Waals surface area contributed by atoms with Gasteiger partial charge in [-0.3, -0.25) is 4.99 Å². The fourth-order valence-corrected chi connectivity index (χ4v) is 3.62. The molecule has 0 aliphatic carbocycles. The normalized spacial score (nSPS) is 10.9. The molecule has 0 heterocycles. The van der Waals surface area contributed by atoms with E-state index in [4.69, 9.17) is 37.4 Å². The van der Waals surface area contributed by atoms with Crippen molar-refractivity contribution in [2.75, 3.05) is 6.61 Å². The van der Waals surface area contributed by atoms with E-state index in [0.717, 1.165) is 28.3 Å². The van der Waals surface area contributed by atoms with Gasteiger partial charge in [-0.2, -0.15) is 0 Å². The Morgan fingerprint density at radius 2 is 1.53 bits per heavy atom. The Balaban J connectivity index is 1.43. The second kappa shape index (κ2) is 11.6. The van der Waals surface area contributed by atoms with E-state index in [2.05, 4.69) is 4.99 Å². The monoisotopic (exact) mass is 491 g/mol. The average Bonchev–Trinajstić information content (AvgIpc) is 2.85. The summed E-state index contributed by atoms with van der Waals surface area (Å²) >= 11 is 12.2. The van der Waals surface area contributed by atoms with Gasteiger partial charge in [0.1, 0.15) is 18.1 Å². The van der Waals surface area contributed by atoms with Crippen molar-refractivity contribution in [3.8, 4) is 23.0 Å². The number of para-hydroxylation sites is 1. The molecular weight excluding hydrogens is 469 g/mol. The first-order valence-corrected chi connectivity index (χ1v) is 11.6. The molecule has 4 nitrogen and oxygen atoms in total. The third-order valence-electron chi connectivity index (χ3n) is 4.84. The molecule has 0 fully saturated rings. The lowest BCUT2D eigenvalue weighted by Gasteiger charge is -2.13. The van der Waals surface area contributed by atoms with E-state index in [1.54, 1.807) is 18.3 Å². The van der Waals surface area contributed by atoms with Crippen molar-refractivity contribution < 1.29 is 14.2 Å². The molecule has 0 radical (unpaired) electrons. The molecule has 0 atom stereocenters. The maximum absolute atomic E-state index is 6.25. The summed E-state index contributed by atoms with van der Waals surface area (Å²) in [5, 5.41) is 1.15. The van der Waals surface area contributed by atoms with Gasteiger partial charge in [-0.15, -0.1) is 0 Å². The van der Waals surface area contributed by atoms with Crippen LogP contribution >= 0.6 is 23.2 Å². The summed E-state index contributed by atoms with van der Waals surface area (Å²) in [6.45, 7) is 2.75. The lowest BCUT2D eigenvalue weighted by atomic mass is 10.2. The zero-order valence-corrected chi connectivity index (χ0v) is 20.1. The summed E-state index contributed by atoms with van der Waals surface area (Å²) < 4.78 is 17.6. The Kier molecular flexibility index (Phi) is 8.08. The lowest BCUT2D eigenvalue weighted by Crippen LogP contribution is -2.01. The molecule has 4 aromatic carbocycles. The van der Waals surface area contributed by atoms with E-state index in [-0.39, 0.29) is 0 Å². The third-order valence-corrected chi connectivity index (χ3v) is 5.43. The number of ether oxygens (including phenoxy) is 3. The van der Waals surface area contributed by atoms with Gasteiger partial charge in [-0.25, -0.2) is 0 Å². The van der Waals surface area contributed by atoms with Crippen LogP contribution in [0, 0.1) is 0 Å². The zero-order chi connectivity index (χ0) is 23.8. The van der Waals surface area contributed by atoms with Crippen molar-refractivity contribution >= 4 is 35.1 Å². The van der Waals surface area contributed by atoms with Crippen molar-refractivity contribution in [3.05, 3.63) is 112 Å². The van der Waals surface area contributed by atoms with E-state index in [9.17, 15) is 0 Å². The molecule has 4 aromatic rings. The average molecular weight is 492 g/mol. The molecule has 6 heteroatoms. The first-order valence-electron chi connectivity index (χ1n) is 10.8. The fourth-order valence-electron chi connectivity index (χ4n) is 3.16. The number of hydrogen-bond donors (Lipinski definition) is 0. The van der Waals surface area contributed by atoms with E-state index in [1.165, 1.54) is 0 Å². The molecule has 4 rings (SSSR count). The Bertz CT molecular complexity index is 1260. The van der Waals surface area contributed by atoms with E-state index in [1.807, 2.05) is 85.8 Å². The molecule has 0 aliphatic rings. The maximum atomic E-state index is 6.25. The molecule has 34 heavy (non-hydrogen) atoms. The third kappa shape index (κ3) is 6.53. The van der Waals surface area contributed by atoms with E-state index >= 15 is 0 Å². The summed E-state index contributed by atoms with van der Waals surface area (Å²) in [6.07, 6.45) is 1.79. The quantitative estimate of drug-likeness (QED) is 0.220. The van der Waals surface area contributed by atoms with Crippen molar-refractivity contribution in [3.63, 3.8) is 0 Å². The summed E-state index contributed by atoms with van der Waals surface area (Å²) in [6, 6.07) is 28.3. The van der Waals surface area contributed by atoms with Gasteiger partial charge in [0.15, 0.2) is 11.5 Å². The molecule has 0 bridgehead atoms. The Morgan fingerprint density at radius 1 is 0.765 bits per heavy atom. The molecule has 0 N–H and O–H groups in total. The summed E-state index contributed by atoms with van der Waals surface area (Å²) in [5.74, 6) is 2.82. The Morgan fingerprint density at radius 3 is 2.26 bits per heavy atom. The predicted molar refractivity (Wildman–Crippen MR) is 139 cm³/mol. The van der Waals surface area contributed by atoms with Crippen LogP contribution in [0.3, 0.4) is 0 Å². The number of benzene rings is 4. The van der Waals surface area contributed by atoms with Crippen LogP contribution in [0.2, 0.25) is 10.0 Å². The second-order valence-electron chi connectivity index (χ2n) is 7.33. The molecule has 0 aromatic heterocycles. The van der Waals surface area contributed by atoms with Crippen LogP contribution < -0.4 is 14.2 Å². The van der Waals surface area contributed by atoms with Gasteiger partial charge >= 0.3 is 0 Å². The Hall–Kier alpha value is -3.47. The molecule has 172 valence electrons. The molecule has 0 spiro atoms. The van der Waals surface area contributed by atoms with Crippen molar-refractivity contribution in [1.82, 2.24) is 0 Å². The number of halogens is 2. The fraction of sp³-hybridized carbons (Fsp3) is 0.107. The van der Waals surface area contributed by atoms with Crippen LogP contribution in [0.15, 0.2) is 96.0 Å². The van der Waals surface area contributed by atoms with Gasteiger partial charge < -0.3 is 14.2 Å². The minimum Gasteiger partial charge on any atom is -0.490 e. The summed E-state index contributed by atoms with van der Waals surface area (Å²) in [7, 11) is 0. The molecule has 0 amide bonds. The molecular formula is C28H23Cl2NO3. The molecule has 0 unspecified atom stereocenters. The molecule has 0 saturated carbocycles. The number of aliphatic imine (C=N–C) groups is 1. The van der Waals surface area contributed by atoms with Crippen LogP contribution in [0.5, 0.6) is 23.0 Å². The first-order chi connectivity index (χ1) is 16.6. The topological polar surface area (TPSA) is 40.0 Å². The lowest BCUT2D eigenvalue weighted by molar-refractivity contribution is 0.269. The van der Waals surface area contributed by atoms with Gasteiger partial charge in [-0.1, -0.05) is 47.5 Å². The zero-order valence-electron chi connectivity index (χ0n) is 18.6. The summed E-state index contributed by atoms with van der Waals surface area (Å²) in [4.78, 5) is 4.56. The number of rotatable bonds is 9. The molecule has 0 aliphatic heterocycles. The van der Waals surface area contributed by atoms with E-state index < -0.39 is 0 Å². The number of hydrogen-bond acceptors (Lipinski definition) is 4. The minimum atomic E-state index is 0.306. The van der Waals surface area contributed by atoms with Gasteiger partial charge in [0.05, 0.1) is 12.3 Å². The van der Waals surface area contributed by atoms with Gasteiger partial charge in [0.25, 0.3) is 0 Å². The maximum Gasteiger partial charge on any atom is 0.161 e. The van der Waals surface area contributed by atoms with Crippen LogP contribution in [0.1, 0.15) is 18.1 Å².